The van der Waals surface area contributed by atoms with Gasteiger partial charge in [-0.1, -0.05) is 18.2 Å². The zero-order valence-corrected chi connectivity index (χ0v) is 31.5. The molecule has 3 saturated heterocycles. The van der Waals surface area contributed by atoms with Gasteiger partial charge in [0.1, 0.15) is 23.9 Å². The molecule has 3 aliphatic heterocycles. The van der Waals surface area contributed by atoms with Crippen LogP contribution in [0.5, 0.6) is 0 Å². The minimum absolute atomic E-state index is 0.149. The fourth-order valence-electron chi connectivity index (χ4n) is 8.13. The van der Waals surface area contributed by atoms with Gasteiger partial charge in [0.2, 0.25) is 11.8 Å². The Labute approximate surface area is 329 Å². The van der Waals surface area contributed by atoms with E-state index in [1.54, 1.807) is 12.1 Å². The number of aromatic nitrogens is 2. The molecule has 5 N–H and O–H groups in total. The molecule has 5 aromatic rings. The molecule has 57 heavy (non-hydrogen) atoms. The van der Waals surface area contributed by atoms with Gasteiger partial charge in [-0.05, 0) is 128 Å². The molecule has 3 amide bonds. The second kappa shape index (κ2) is 16.7. The van der Waals surface area contributed by atoms with Gasteiger partial charge in [-0.3, -0.25) is 24.4 Å². The number of nitrogens with one attached hydrogen (secondary N) is 4. The molecule has 0 bridgehead atoms. The predicted molar refractivity (Wildman–Crippen MR) is 214 cm³/mol. The summed E-state index contributed by atoms with van der Waals surface area (Å²) >= 11 is 0. The summed E-state index contributed by atoms with van der Waals surface area (Å²) in [6.07, 6.45) is 2.63. The third-order valence-electron chi connectivity index (χ3n) is 11.3. The van der Waals surface area contributed by atoms with Crippen molar-refractivity contribution in [1.29, 1.82) is 0 Å². The highest BCUT2D eigenvalue weighted by Crippen LogP contribution is 2.30. The maximum absolute atomic E-state index is 13.7. The number of amides is 3. The van der Waals surface area contributed by atoms with Crippen molar-refractivity contribution >= 4 is 45.8 Å². The van der Waals surface area contributed by atoms with E-state index < -0.39 is 17.9 Å². The van der Waals surface area contributed by atoms with Gasteiger partial charge in [-0.2, -0.15) is 5.10 Å². The highest BCUT2D eigenvalue weighted by Gasteiger charge is 2.28. The lowest BCUT2D eigenvalue weighted by Gasteiger charge is -2.38. The number of hydrogen-bond acceptors (Lipinski definition) is 8. The van der Waals surface area contributed by atoms with E-state index in [1.807, 2.05) is 47.4 Å². The van der Waals surface area contributed by atoms with E-state index in [1.165, 1.54) is 17.7 Å². The summed E-state index contributed by atoms with van der Waals surface area (Å²) in [6, 6.07) is 24.3. The Bertz CT molecular complexity index is 2210. The van der Waals surface area contributed by atoms with Crippen molar-refractivity contribution in [2.24, 2.45) is 0 Å². The monoisotopic (exact) mass is 776 g/mol. The third-order valence-corrected chi connectivity index (χ3v) is 11.3. The van der Waals surface area contributed by atoms with Crippen molar-refractivity contribution < 1.29 is 28.3 Å². The molecule has 0 radical (unpaired) electrons. The average molecular weight is 777 g/mol. The van der Waals surface area contributed by atoms with Crippen LogP contribution in [0, 0.1) is 11.6 Å². The van der Waals surface area contributed by atoms with Gasteiger partial charge in [-0.25, -0.2) is 8.78 Å². The van der Waals surface area contributed by atoms with Crippen LogP contribution in [0.25, 0.3) is 10.9 Å². The lowest BCUT2D eigenvalue weighted by atomic mass is 9.89. The SMILES string of the molecule is O=C(Nc1n[nH]c2ccc(Cc3cc(F)cc(F)c3)cc12)c1ccc(N2CCN(C(=O)CN3CCC(c4ccc(NC5CCC(O)NC5=O)cc4)CC3)CC2)cc1. The molecule has 3 fully saturated rings. The number of piperazine rings is 1. The summed E-state index contributed by atoms with van der Waals surface area (Å²) in [5.74, 6) is -0.815. The Morgan fingerprint density at radius 1 is 0.807 bits per heavy atom. The second-order valence-electron chi connectivity index (χ2n) is 15.2. The Morgan fingerprint density at radius 3 is 2.23 bits per heavy atom. The molecule has 4 heterocycles. The van der Waals surface area contributed by atoms with Gasteiger partial charge in [0.05, 0.1) is 12.1 Å². The molecular formula is C43H46F2N8O4. The van der Waals surface area contributed by atoms with Crippen LogP contribution < -0.4 is 20.9 Å². The molecule has 3 aliphatic rings. The van der Waals surface area contributed by atoms with Crippen molar-refractivity contribution in [3.05, 3.63) is 119 Å². The number of aromatic amines is 1. The van der Waals surface area contributed by atoms with Gasteiger partial charge in [-0.15, -0.1) is 0 Å². The second-order valence-corrected chi connectivity index (χ2v) is 15.2. The summed E-state index contributed by atoms with van der Waals surface area (Å²) in [6.45, 7) is 4.78. The molecule has 0 spiro atoms. The average Bonchev–Trinajstić information content (AvgIpc) is 3.60. The number of anilines is 3. The van der Waals surface area contributed by atoms with Gasteiger partial charge >= 0.3 is 0 Å². The fourth-order valence-corrected chi connectivity index (χ4v) is 8.13. The molecule has 0 saturated carbocycles. The first-order valence-electron chi connectivity index (χ1n) is 19.6. The van der Waals surface area contributed by atoms with E-state index in [9.17, 15) is 28.3 Å². The Morgan fingerprint density at radius 2 is 1.53 bits per heavy atom. The first kappa shape index (κ1) is 38.0. The highest BCUT2D eigenvalue weighted by atomic mass is 19.1. The molecule has 4 aromatic carbocycles. The zero-order valence-electron chi connectivity index (χ0n) is 31.5. The summed E-state index contributed by atoms with van der Waals surface area (Å²) in [4.78, 5) is 45.1. The standard InChI is InChI=1S/C43H46F2N8O4/c44-32-22-28(23-33(45)25-32)21-27-1-10-37-36(24-27)41(50-49-37)48-42(56)31-4-8-35(9-5-31)52-17-19-53(20-18-52)40(55)26-51-15-13-30(14-16-51)29-2-6-34(7-3-29)46-38-11-12-39(54)47-43(38)57/h1-10,22-25,30,38-39,46,54H,11-21,26H2,(H,47,57)(H2,48,49,50,56). The van der Waals surface area contributed by atoms with Crippen LogP contribution in [0.1, 0.15) is 58.6 Å². The molecule has 8 rings (SSSR count). The molecule has 296 valence electrons. The maximum Gasteiger partial charge on any atom is 0.256 e. The van der Waals surface area contributed by atoms with E-state index in [0.717, 1.165) is 54.5 Å². The number of piperidine rings is 2. The summed E-state index contributed by atoms with van der Waals surface area (Å²) in [5, 5.41) is 26.3. The minimum Gasteiger partial charge on any atom is -0.374 e. The van der Waals surface area contributed by atoms with Gasteiger partial charge in [0.25, 0.3) is 5.91 Å². The Kier molecular flexibility index (Phi) is 11.1. The van der Waals surface area contributed by atoms with Crippen molar-refractivity contribution in [3.8, 4) is 0 Å². The largest absolute Gasteiger partial charge is 0.374 e. The van der Waals surface area contributed by atoms with E-state index in [0.29, 0.717) is 80.2 Å². The van der Waals surface area contributed by atoms with Crippen LogP contribution in [0.2, 0.25) is 0 Å². The van der Waals surface area contributed by atoms with Crippen LogP contribution in [-0.2, 0) is 16.0 Å². The predicted octanol–water partition coefficient (Wildman–Crippen LogP) is 5.22. The summed E-state index contributed by atoms with van der Waals surface area (Å²) in [5.41, 5.74) is 5.65. The molecule has 12 nitrogen and oxygen atoms in total. The van der Waals surface area contributed by atoms with Gasteiger partial charge < -0.3 is 30.9 Å². The minimum atomic E-state index is -0.766. The van der Waals surface area contributed by atoms with Crippen LogP contribution in [0.4, 0.5) is 26.0 Å². The normalized spacial score (nSPS) is 19.4. The topological polar surface area (TPSA) is 146 Å². The fraction of sp³-hybridized carbons (Fsp3) is 0.349. The number of carbonyl (C=O) groups excluding carboxylic acids is 3. The lowest BCUT2D eigenvalue weighted by Crippen LogP contribution is -2.51. The number of nitrogens with zero attached hydrogens (tertiary/aromatic N) is 4. The molecular weight excluding hydrogens is 731 g/mol. The number of H-pyrrole nitrogens is 1. The number of rotatable bonds is 10. The molecule has 1 aromatic heterocycles. The van der Waals surface area contributed by atoms with Crippen LogP contribution in [-0.4, -0.2) is 101 Å². The number of benzene rings is 4. The Balaban J connectivity index is 0.778. The van der Waals surface area contributed by atoms with Gasteiger partial charge in [0.15, 0.2) is 5.82 Å². The number of aliphatic hydroxyl groups is 1. The number of carbonyl (C=O) groups is 3. The van der Waals surface area contributed by atoms with Crippen molar-refractivity contribution in [3.63, 3.8) is 0 Å². The third kappa shape index (κ3) is 9.08. The number of hydrogen-bond donors (Lipinski definition) is 5. The molecule has 0 aliphatic carbocycles. The molecule has 14 heteroatoms. The number of aliphatic hydroxyl groups excluding tert-OH is 1. The van der Waals surface area contributed by atoms with E-state index >= 15 is 0 Å². The van der Waals surface area contributed by atoms with E-state index in [4.69, 9.17) is 0 Å². The first-order chi connectivity index (χ1) is 27.6. The van der Waals surface area contributed by atoms with Crippen LogP contribution in [0.3, 0.4) is 0 Å². The first-order valence-corrected chi connectivity index (χ1v) is 19.6. The smallest absolute Gasteiger partial charge is 0.256 e. The van der Waals surface area contributed by atoms with E-state index in [-0.39, 0.29) is 23.8 Å². The number of fused-ring (bicyclic) bond motifs is 1. The molecule has 2 atom stereocenters. The van der Waals surface area contributed by atoms with Crippen molar-refractivity contribution in [2.45, 2.75) is 50.3 Å². The van der Waals surface area contributed by atoms with Crippen molar-refractivity contribution in [1.82, 2.24) is 25.3 Å². The molecule has 2 unspecified atom stereocenters. The number of halogens is 2. The van der Waals surface area contributed by atoms with Crippen LogP contribution >= 0.6 is 0 Å². The lowest BCUT2D eigenvalue weighted by molar-refractivity contribution is -0.133. The van der Waals surface area contributed by atoms with Crippen molar-refractivity contribution in [2.75, 3.05) is 61.3 Å². The summed E-state index contributed by atoms with van der Waals surface area (Å²) < 4.78 is 27.4. The summed E-state index contributed by atoms with van der Waals surface area (Å²) in [7, 11) is 0. The highest BCUT2D eigenvalue weighted by molar-refractivity contribution is 6.08. The quantitative estimate of drug-likeness (QED) is 0.130. The van der Waals surface area contributed by atoms with Crippen LogP contribution in [0.15, 0.2) is 84.9 Å². The number of likely N-dealkylation sites (tertiary alicyclic amines) is 1. The maximum atomic E-state index is 13.7. The van der Waals surface area contributed by atoms with E-state index in [2.05, 4.69) is 48.1 Å². The Hall–Kier alpha value is -5.86. The zero-order chi connectivity index (χ0) is 39.5. The van der Waals surface area contributed by atoms with Gasteiger partial charge in [0, 0.05) is 54.6 Å².